The molecule has 0 bridgehead atoms. The fraction of sp³-hybridized carbons (Fsp3) is 0. The van der Waals surface area contributed by atoms with E-state index in [4.69, 9.17) is 5.84 Å². The number of nitrogens with two attached hydrogens (primary N) is 1. The third-order valence-corrected chi connectivity index (χ3v) is 3.01. The van der Waals surface area contributed by atoms with Gasteiger partial charge in [0.2, 0.25) is 11.6 Å². The van der Waals surface area contributed by atoms with Gasteiger partial charge in [-0.3, -0.25) is 4.79 Å². The summed E-state index contributed by atoms with van der Waals surface area (Å²) >= 11 is 0. The Kier molecular flexibility index (Phi) is 3.06. The van der Waals surface area contributed by atoms with Crippen LogP contribution in [0.2, 0.25) is 0 Å². The van der Waals surface area contributed by atoms with Gasteiger partial charge in [0.15, 0.2) is 0 Å². The van der Waals surface area contributed by atoms with Crippen molar-refractivity contribution in [2.75, 3.05) is 10.4 Å². The zero-order chi connectivity index (χ0) is 13.9. The maximum atomic E-state index is 12.1. The molecule has 0 aromatic heterocycles. The Hall–Kier alpha value is -2.86. The molecule has 0 radical (unpaired) electrons. The molecule has 0 fully saturated rings. The Bertz CT molecular complexity index is 668. The summed E-state index contributed by atoms with van der Waals surface area (Å²) in [6, 6.07) is 16.8. The number of carbonyl (C=O) groups is 1. The van der Waals surface area contributed by atoms with E-state index in [-0.39, 0.29) is 11.6 Å². The summed E-state index contributed by atoms with van der Waals surface area (Å²) in [5.74, 6) is 5.27. The highest BCUT2D eigenvalue weighted by Crippen LogP contribution is 2.27. The molecule has 3 rings (SSSR count). The largest absolute Gasteiger partial charge is 0.321 e. The smallest absolute Gasteiger partial charge is 0.233 e. The number of hydrazone groups is 1. The molecule has 1 aliphatic rings. The number of nitrogens with zero attached hydrogens (tertiary/aromatic N) is 2. The molecular formula is C14H13N5O. The third kappa shape index (κ3) is 1.98. The molecule has 4 N–H and O–H groups in total. The van der Waals surface area contributed by atoms with Crippen LogP contribution in [0.5, 0.6) is 0 Å². The molecule has 0 amide bonds. The van der Waals surface area contributed by atoms with E-state index in [1.165, 1.54) is 5.01 Å². The van der Waals surface area contributed by atoms with Gasteiger partial charge in [0.25, 0.3) is 0 Å². The molecule has 0 saturated heterocycles. The van der Waals surface area contributed by atoms with Crippen molar-refractivity contribution in [3.8, 4) is 0 Å². The Morgan fingerprint density at radius 1 is 1.00 bits per heavy atom. The maximum absolute atomic E-state index is 12.1. The van der Waals surface area contributed by atoms with Gasteiger partial charge in [0.05, 0.1) is 16.9 Å². The fourth-order valence-electron chi connectivity index (χ4n) is 2.07. The first-order valence-electron chi connectivity index (χ1n) is 6.09. The van der Waals surface area contributed by atoms with Crippen LogP contribution in [0.15, 0.2) is 59.7 Å². The van der Waals surface area contributed by atoms with Gasteiger partial charge >= 0.3 is 0 Å². The quantitative estimate of drug-likeness (QED) is 0.580. The van der Waals surface area contributed by atoms with Gasteiger partial charge in [-0.15, -0.1) is 5.53 Å². The average Bonchev–Trinajstić information content (AvgIpc) is 2.78. The first-order chi connectivity index (χ1) is 9.81. The normalized spacial score (nSPS) is 15.5. The predicted molar refractivity (Wildman–Crippen MR) is 78.1 cm³/mol. The van der Waals surface area contributed by atoms with Crippen LogP contribution in [0.4, 0.5) is 11.4 Å². The highest BCUT2D eigenvalue weighted by molar-refractivity contribution is 6.54. The minimum absolute atomic E-state index is 0.148. The number of hydrogen-bond acceptors (Lipinski definition) is 5. The molecule has 0 unspecified atom stereocenters. The molecule has 6 heteroatoms. The fourth-order valence-corrected chi connectivity index (χ4v) is 2.07. The second-order valence-electron chi connectivity index (χ2n) is 4.24. The van der Waals surface area contributed by atoms with Gasteiger partial charge in [-0.25, -0.2) is 5.01 Å². The van der Waals surface area contributed by atoms with Crippen LogP contribution in [0.3, 0.4) is 0 Å². The Morgan fingerprint density at radius 3 is 2.45 bits per heavy atom. The third-order valence-electron chi connectivity index (χ3n) is 3.01. The molecule has 20 heavy (non-hydrogen) atoms. The number of para-hydroxylation sites is 2. The van der Waals surface area contributed by atoms with Gasteiger partial charge in [0, 0.05) is 0 Å². The van der Waals surface area contributed by atoms with Gasteiger partial charge in [-0.05, 0) is 24.3 Å². The minimum Gasteiger partial charge on any atom is -0.321 e. The molecule has 2 aromatic carbocycles. The summed E-state index contributed by atoms with van der Waals surface area (Å²) in [5, 5.41) is 5.10. The van der Waals surface area contributed by atoms with Crippen LogP contribution in [-0.4, -0.2) is 11.6 Å². The van der Waals surface area contributed by atoms with E-state index in [0.29, 0.717) is 11.3 Å². The molecule has 100 valence electrons. The van der Waals surface area contributed by atoms with Crippen molar-refractivity contribution in [1.82, 2.24) is 5.53 Å². The van der Waals surface area contributed by atoms with Crippen molar-refractivity contribution in [1.29, 1.82) is 0 Å². The van der Waals surface area contributed by atoms with Gasteiger partial charge in [-0.1, -0.05) is 30.3 Å². The van der Waals surface area contributed by atoms with E-state index in [0.717, 1.165) is 5.69 Å². The summed E-state index contributed by atoms with van der Waals surface area (Å²) in [7, 11) is 0. The van der Waals surface area contributed by atoms with Crippen LogP contribution in [0.25, 0.3) is 0 Å². The summed E-state index contributed by atoms with van der Waals surface area (Å²) in [5.41, 5.74) is 8.08. The lowest BCUT2D eigenvalue weighted by Crippen LogP contribution is -2.45. The maximum Gasteiger partial charge on any atom is 0.233 e. The van der Waals surface area contributed by atoms with Crippen LogP contribution in [0.1, 0.15) is 10.4 Å². The molecule has 0 spiro atoms. The average molecular weight is 267 g/mol. The number of carbonyl (C=O) groups excluding carboxylic acids is 1. The number of amidine groups is 1. The van der Waals surface area contributed by atoms with E-state index < -0.39 is 0 Å². The van der Waals surface area contributed by atoms with E-state index in [2.05, 4.69) is 16.1 Å². The van der Waals surface area contributed by atoms with E-state index in [9.17, 15) is 4.79 Å². The second kappa shape index (κ2) is 5.02. The number of Topliss-reactive ketones (excluding diaryl/α,β-unsaturated/α-hetero) is 1. The number of hydrazine groups is 2. The van der Waals surface area contributed by atoms with Crippen molar-refractivity contribution >= 4 is 23.0 Å². The summed E-state index contributed by atoms with van der Waals surface area (Å²) in [4.78, 5) is 12.1. The molecule has 1 heterocycles. The number of rotatable bonds is 3. The van der Waals surface area contributed by atoms with Gasteiger partial charge in [0.1, 0.15) is 0 Å². The molecule has 1 aliphatic heterocycles. The molecule has 0 saturated carbocycles. The lowest BCUT2D eigenvalue weighted by molar-refractivity contribution is 0.106. The zero-order valence-corrected chi connectivity index (χ0v) is 10.6. The predicted octanol–water partition coefficient (Wildman–Crippen LogP) is 1.49. The topological polar surface area (TPSA) is 82.8 Å². The summed E-state index contributed by atoms with van der Waals surface area (Å²) < 4.78 is 0. The monoisotopic (exact) mass is 267 g/mol. The number of fused-ring (bicyclic) bond motifs is 1. The standard InChI is InChI=1S/C14H13N5O/c15-16-14-13(20)11-8-4-5-9-12(11)19(14)18-17-10-6-2-1-3-7-10/h1-9,17-18H,15H2. The van der Waals surface area contributed by atoms with E-state index in [1.54, 1.807) is 12.1 Å². The minimum atomic E-state index is -0.203. The van der Waals surface area contributed by atoms with Crippen molar-refractivity contribution in [3.05, 3.63) is 60.2 Å². The van der Waals surface area contributed by atoms with E-state index >= 15 is 0 Å². The second-order valence-corrected chi connectivity index (χ2v) is 4.24. The van der Waals surface area contributed by atoms with Crippen molar-refractivity contribution in [2.24, 2.45) is 10.9 Å². The molecular weight excluding hydrogens is 254 g/mol. The Morgan fingerprint density at radius 2 is 1.70 bits per heavy atom. The zero-order valence-electron chi connectivity index (χ0n) is 10.6. The number of hydrogen-bond donors (Lipinski definition) is 3. The first kappa shape index (κ1) is 12.2. The van der Waals surface area contributed by atoms with Crippen LogP contribution < -0.4 is 21.8 Å². The highest BCUT2D eigenvalue weighted by atomic mass is 16.1. The van der Waals surface area contributed by atoms with Crippen molar-refractivity contribution < 1.29 is 4.79 Å². The number of nitrogens with one attached hydrogen (secondary N) is 2. The van der Waals surface area contributed by atoms with Gasteiger partial charge < -0.3 is 11.3 Å². The van der Waals surface area contributed by atoms with Crippen LogP contribution in [-0.2, 0) is 0 Å². The summed E-state index contributed by atoms with van der Waals surface area (Å²) in [6.45, 7) is 0. The highest BCUT2D eigenvalue weighted by Gasteiger charge is 2.33. The number of anilines is 2. The summed E-state index contributed by atoms with van der Waals surface area (Å²) in [6.07, 6.45) is 0. The molecule has 6 nitrogen and oxygen atoms in total. The Balaban J connectivity index is 1.87. The van der Waals surface area contributed by atoms with Crippen molar-refractivity contribution in [2.45, 2.75) is 0 Å². The van der Waals surface area contributed by atoms with E-state index in [1.807, 2.05) is 42.5 Å². The van der Waals surface area contributed by atoms with Crippen LogP contribution in [0, 0.1) is 0 Å². The Labute approximate surface area is 115 Å². The van der Waals surface area contributed by atoms with Crippen LogP contribution >= 0.6 is 0 Å². The lowest BCUT2D eigenvalue weighted by Gasteiger charge is -2.20. The number of benzene rings is 2. The van der Waals surface area contributed by atoms with Crippen molar-refractivity contribution in [3.63, 3.8) is 0 Å². The molecule has 2 aromatic rings. The molecule has 0 atom stereocenters. The SMILES string of the molecule is NN=C1C(=O)c2ccccc2N1NNc1ccccc1. The lowest BCUT2D eigenvalue weighted by atomic mass is 10.1. The molecule has 0 aliphatic carbocycles. The van der Waals surface area contributed by atoms with Gasteiger partial charge in [-0.2, -0.15) is 5.10 Å². The first-order valence-corrected chi connectivity index (χ1v) is 6.09. The number of ketones is 1.